The van der Waals surface area contributed by atoms with E-state index in [1.165, 1.54) is 29.8 Å². The maximum atomic E-state index is 14.0. The molecule has 9 heteroatoms. The second-order valence-corrected chi connectivity index (χ2v) is 10.4. The Bertz CT molecular complexity index is 1500. The minimum absolute atomic E-state index is 0.00937. The number of rotatable bonds is 11. The number of halogens is 3. The lowest BCUT2D eigenvalue weighted by atomic mass is 10.00. The second kappa shape index (κ2) is 12.7. The topological polar surface area (TPSA) is 79.2 Å². The Morgan fingerprint density at radius 3 is 2.41 bits per heavy atom. The molecule has 2 atom stereocenters. The van der Waals surface area contributed by atoms with Gasteiger partial charge in [-0.2, -0.15) is 5.10 Å². The largest absolute Gasteiger partial charge is 0.390 e. The molecule has 4 aromatic rings. The van der Waals surface area contributed by atoms with Crippen molar-refractivity contribution in [3.05, 3.63) is 118 Å². The van der Waals surface area contributed by atoms with Gasteiger partial charge in [0.15, 0.2) is 5.69 Å². The van der Waals surface area contributed by atoms with E-state index in [0.717, 1.165) is 42.1 Å². The number of aliphatic hydroxyl groups excluding tert-OH is 1. The zero-order valence-corrected chi connectivity index (χ0v) is 22.8. The Labute approximate surface area is 237 Å². The van der Waals surface area contributed by atoms with Crippen LogP contribution >= 0.6 is 0 Å². The number of carbonyl (C=O) groups is 1. The normalized spacial score (nSPS) is 14.1. The van der Waals surface area contributed by atoms with Crippen LogP contribution in [0.2, 0.25) is 0 Å². The molecule has 1 aliphatic carbocycles. The van der Waals surface area contributed by atoms with Crippen molar-refractivity contribution in [3.8, 4) is 5.69 Å². The summed E-state index contributed by atoms with van der Waals surface area (Å²) in [5.41, 5.74) is 5.15. The fourth-order valence-electron chi connectivity index (χ4n) is 5.38. The van der Waals surface area contributed by atoms with Gasteiger partial charge >= 0.3 is 0 Å². The molecule has 0 spiro atoms. The van der Waals surface area contributed by atoms with Crippen LogP contribution in [-0.4, -0.2) is 39.5 Å². The predicted molar refractivity (Wildman–Crippen MR) is 150 cm³/mol. The molecule has 214 valence electrons. The first-order chi connectivity index (χ1) is 19.8. The van der Waals surface area contributed by atoms with E-state index in [0.29, 0.717) is 24.2 Å². The number of amides is 1. The molecule has 3 aromatic carbocycles. The highest BCUT2D eigenvalue weighted by atomic mass is 19.1. The van der Waals surface area contributed by atoms with Gasteiger partial charge in [-0.25, -0.2) is 17.9 Å². The summed E-state index contributed by atoms with van der Waals surface area (Å²) < 4.78 is 43.1. The number of nitrogens with one attached hydrogen (secondary N) is 2. The van der Waals surface area contributed by atoms with Crippen LogP contribution in [0.15, 0.2) is 66.7 Å². The Morgan fingerprint density at radius 1 is 0.951 bits per heavy atom. The Kier molecular flexibility index (Phi) is 8.85. The fraction of sp³-hybridized carbons (Fsp3) is 0.312. The van der Waals surface area contributed by atoms with Gasteiger partial charge in [-0.15, -0.1) is 0 Å². The summed E-state index contributed by atoms with van der Waals surface area (Å²) >= 11 is 0. The minimum Gasteiger partial charge on any atom is -0.390 e. The number of aryl methyl sites for hydroxylation is 1. The van der Waals surface area contributed by atoms with Crippen molar-refractivity contribution in [3.63, 3.8) is 0 Å². The van der Waals surface area contributed by atoms with Crippen LogP contribution < -0.4 is 10.6 Å². The monoisotopic (exact) mass is 562 g/mol. The van der Waals surface area contributed by atoms with Crippen molar-refractivity contribution in [1.29, 1.82) is 0 Å². The number of carbonyl (C=O) groups excluding carboxylic acids is 1. The first-order valence-corrected chi connectivity index (χ1v) is 13.9. The molecule has 0 unspecified atom stereocenters. The van der Waals surface area contributed by atoms with Crippen LogP contribution in [0, 0.1) is 17.5 Å². The highest BCUT2D eigenvalue weighted by molar-refractivity contribution is 5.94. The summed E-state index contributed by atoms with van der Waals surface area (Å²) in [4.78, 5) is 13.6. The summed E-state index contributed by atoms with van der Waals surface area (Å²) in [7, 11) is 0. The molecule has 0 bridgehead atoms. The predicted octanol–water partition coefficient (Wildman–Crippen LogP) is 4.83. The van der Waals surface area contributed by atoms with Crippen molar-refractivity contribution in [2.24, 2.45) is 0 Å². The number of aromatic nitrogens is 2. The third kappa shape index (κ3) is 6.86. The van der Waals surface area contributed by atoms with E-state index in [1.807, 2.05) is 12.1 Å². The first kappa shape index (κ1) is 28.6. The molecular weight excluding hydrogens is 529 g/mol. The molecule has 1 aromatic heterocycles. The average molecular weight is 563 g/mol. The third-order valence-corrected chi connectivity index (χ3v) is 7.46. The number of benzene rings is 3. The van der Waals surface area contributed by atoms with E-state index in [9.17, 15) is 23.1 Å². The van der Waals surface area contributed by atoms with Crippen LogP contribution in [-0.2, 0) is 32.2 Å². The Balaban J connectivity index is 1.35. The smallest absolute Gasteiger partial charge is 0.272 e. The zero-order chi connectivity index (χ0) is 28.9. The van der Waals surface area contributed by atoms with E-state index >= 15 is 0 Å². The van der Waals surface area contributed by atoms with Crippen molar-refractivity contribution in [2.45, 2.75) is 57.7 Å². The van der Waals surface area contributed by atoms with E-state index < -0.39 is 29.7 Å². The highest BCUT2D eigenvalue weighted by Crippen LogP contribution is 2.28. The van der Waals surface area contributed by atoms with Gasteiger partial charge < -0.3 is 15.7 Å². The SMILES string of the molecule is CCc1cccc(CNC[C@H](O)[C@H](Cc2cc(F)cc(F)c2)NC(=O)c2nn(-c3ccc(F)cc3)c3c2CCC3)c1. The molecule has 0 saturated carbocycles. The van der Waals surface area contributed by atoms with Gasteiger partial charge in [0.05, 0.1) is 17.8 Å². The lowest BCUT2D eigenvalue weighted by molar-refractivity contribution is 0.0824. The van der Waals surface area contributed by atoms with Crippen LogP contribution in [0.1, 0.15) is 51.8 Å². The molecule has 0 aliphatic heterocycles. The molecule has 3 N–H and O–H groups in total. The van der Waals surface area contributed by atoms with Gasteiger partial charge in [0.1, 0.15) is 17.5 Å². The number of hydrogen-bond acceptors (Lipinski definition) is 4. The van der Waals surface area contributed by atoms with E-state index in [-0.39, 0.29) is 24.5 Å². The number of aliphatic hydroxyl groups is 1. The Hall–Kier alpha value is -3.95. The van der Waals surface area contributed by atoms with Gasteiger partial charge in [0.2, 0.25) is 0 Å². The van der Waals surface area contributed by atoms with Gasteiger partial charge in [-0.3, -0.25) is 4.79 Å². The lowest BCUT2D eigenvalue weighted by Gasteiger charge is -2.25. The molecule has 0 radical (unpaired) electrons. The molecule has 5 rings (SSSR count). The molecule has 1 aliphatic rings. The van der Waals surface area contributed by atoms with E-state index in [4.69, 9.17) is 0 Å². The summed E-state index contributed by atoms with van der Waals surface area (Å²) in [5.74, 6) is -2.32. The van der Waals surface area contributed by atoms with Gasteiger partial charge in [-0.05, 0) is 85.2 Å². The molecule has 41 heavy (non-hydrogen) atoms. The lowest BCUT2D eigenvalue weighted by Crippen LogP contribution is -2.49. The molecule has 6 nitrogen and oxygen atoms in total. The van der Waals surface area contributed by atoms with Crippen molar-refractivity contribution in [2.75, 3.05) is 6.54 Å². The maximum absolute atomic E-state index is 14.0. The summed E-state index contributed by atoms with van der Waals surface area (Å²) in [6.07, 6.45) is 2.11. The van der Waals surface area contributed by atoms with Crippen LogP contribution in [0.5, 0.6) is 0 Å². The molecule has 1 amide bonds. The van der Waals surface area contributed by atoms with E-state index in [1.54, 1.807) is 16.8 Å². The molecule has 0 saturated heterocycles. The Morgan fingerprint density at radius 2 is 1.68 bits per heavy atom. The highest BCUT2D eigenvalue weighted by Gasteiger charge is 2.30. The van der Waals surface area contributed by atoms with Gasteiger partial charge in [-0.1, -0.05) is 31.2 Å². The number of nitrogens with zero attached hydrogens (tertiary/aromatic N) is 2. The van der Waals surface area contributed by atoms with Crippen LogP contribution in [0.4, 0.5) is 13.2 Å². The van der Waals surface area contributed by atoms with E-state index in [2.05, 4.69) is 34.8 Å². The zero-order valence-electron chi connectivity index (χ0n) is 22.8. The molecule has 0 fully saturated rings. The van der Waals surface area contributed by atoms with Gasteiger partial charge in [0.25, 0.3) is 5.91 Å². The average Bonchev–Trinajstić information content (AvgIpc) is 3.56. The van der Waals surface area contributed by atoms with Crippen molar-refractivity contribution < 1.29 is 23.1 Å². The molecular formula is C32H33F3N4O2. The standard InChI is InChI=1S/C32H33F3N4O2/c1-2-20-5-3-6-21(13-20)18-36-19-30(40)28(16-22-14-24(34)17-25(35)15-22)37-32(41)31-27-7-4-8-29(27)39(38-31)26-11-9-23(33)10-12-26/h3,5-6,9-15,17,28,30,36,40H,2,4,7-8,16,18-19H2,1H3,(H,37,41)/t28-,30-/m0/s1. The maximum Gasteiger partial charge on any atom is 0.272 e. The number of fused-ring (bicyclic) bond motifs is 1. The second-order valence-electron chi connectivity index (χ2n) is 10.4. The van der Waals surface area contributed by atoms with Gasteiger partial charge in [0, 0.05) is 30.4 Å². The van der Waals surface area contributed by atoms with Crippen LogP contribution in [0.3, 0.4) is 0 Å². The number of hydrogen-bond donors (Lipinski definition) is 3. The molecule has 1 heterocycles. The summed E-state index contributed by atoms with van der Waals surface area (Å²) in [6.45, 7) is 2.73. The minimum atomic E-state index is -1.06. The van der Waals surface area contributed by atoms with Crippen LogP contribution in [0.25, 0.3) is 5.69 Å². The summed E-state index contributed by atoms with van der Waals surface area (Å²) in [6, 6.07) is 16.3. The quantitative estimate of drug-likeness (QED) is 0.245. The van der Waals surface area contributed by atoms with Crippen molar-refractivity contribution >= 4 is 5.91 Å². The van der Waals surface area contributed by atoms with Crippen molar-refractivity contribution in [1.82, 2.24) is 20.4 Å². The fourth-order valence-corrected chi connectivity index (χ4v) is 5.38. The first-order valence-electron chi connectivity index (χ1n) is 13.9. The third-order valence-electron chi connectivity index (χ3n) is 7.46. The summed E-state index contributed by atoms with van der Waals surface area (Å²) in [5, 5.41) is 21.8.